The molecule has 0 bridgehead atoms. The summed E-state index contributed by atoms with van der Waals surface area (Å²) in [5.74, 6) is -3.38. The summed E-state index contributed by atoms with van der Waals surface area (Å²) in [7, 11) is -4.08. The van der Waals surface area contributed by atoms with Crippen molar-refractivity contribution in [3.8, 4) is 0 Å². The molecule has 55 heavy (non-hydrogen) atoms. The first kappa shape index (κ1) is 43.7. The Bertz CT molecular complexity index is 1610. The van der Waals surface area contributed by atoms with Crippen LogP contribution in [0, 0.1) is 5.92 Å². The number of nitrogens with zero attached hydrogens (tertiary/aromatic N) is 2. The molecule has 6 N–H and O–H groups in total. The van der Waals surface area contributed by atoms with Gasteiger partial charge in [0.1, 0.15) is 23.4 Å². The van der Waals surface area contributed by atoms with Gasteiger partial charge in [0.25, 0.3) is 0 Å². The van der Waals surface area contributed by atoms with Crippen LogP contribution in [0.1, 0.15) is 70.6 Å². The maximum atomic E-state index is 14.1. The van der Waals surface area contributed by atoms with Gasteiger partial charge in [-0.2, -0.15) is 0 Å². The highest BCUT2D eigenvalue weighted by Crippen LogP contribution is 2.28. The molecule has 1 aromatic carbocycles. The summed E-state index contributed by atoms with van der Waals surface area (Å²) in [5.41, 5.74) is 0.470. The van der Waals surface area contributed by atoms with Gasteiger partial charge in [-0.25, -0.2) is 18.2 Å². The molecule has 2 fully saturated rings. The molecule has 16 nitrogen and oxygen atoms in total. The van der Waals surface area contributed by atoms with Crippen LogP contribution in [0.4, 0.5) is 4.79 Å². The number of ether oxygens (including phenoxy) is 2. The molecule has 4 rings (SSSR count). The number of aromatic amines is 1. The number of imidazole rings is 1. The number of sulfone groups is 1. The van der Waals surface area contributed by atoms with Crippen LogP contribution in [0.25, 0.3) is 0 Å². The Balaban J connectivity index is 1.47. The number of amides is 4. The number of alkyl carbamates (subject to hydrolysis) is 1. The van der Waals surface area contributed by atoms with Gasteiger partial charge in [0.15, 0.2) is 9.84 Å². The molecule has 2 aliphatic rings. The average Bonchev–Trinajstić information content (AvgIpc) is 3.64. The first-order chi connectivity index (χ1) is 26.2. The minimum absolute atomic E-state index is 0.0166. The van der Waals surface area contributed by atoms with Crippen molar-refractivity contribution in [2.24, 2.45) is 5.92 Å². The lowest BCUT2D eigenvalue weighted by molar-refractivity contribution is -0.130. The number of nitrogens with one attached hydrogen (secondary N) is 5. The van der Waals surface area contributed by atoms with E-state index in [1.165, 1.54) is 12.5 Å². The van der Waals surface area contributed by atoms with E-state index >= 15 is 0 Å². The van der Waals surface area contributed by atoms with Gasteiger partial charge >= 0.3 is 6.09 Å². The largest absolute Gasteiger partial charge is 0.444 e. The summed E-state index contributed by atoms with van der Waals surface area (Å²) < 4.78 is 37.2. The molecule has 2 heterocycles. The molecule has 4 amide bonds. The molecule has 17 heteroatoms. The number of carbonyl (C=O) groups excluding carboxylic acids is 4. The topological polar surface area (TPSA) is 221 Å². The zero-order valence-corrected chi connectivity index (χ0v) is 33.1. The summed E-state index contributed by atoms with van der Waals surface area (Å²) in [4.78, 5) is 62.6. The molecule has 1 saturated carbocycles. The molecule has 4 atom stereocenters. The van der Waals surface area contributed by atoms with Gasteiger partial charge in [-0.05, 0) is 38.7 Å². The number of hydrogen-bond donors (Lipinski definition) is 6. The van der Waals surface area contributed by atoms with Crippen LogP contribution in [0.2, 0.25) is 0 Å². The Morgan fingerprint density at radius 1 is 0.982 bits per heavy atom. The molecule has 1 aromatic heterocycles. The highest BCUT2D eigenvalue weighted by molar-refractivity contribution is 7.92. The fraction of sp³-hybridized carbons (Fsp3) is 0.658. The summed E-state index contributed by atoms with van der Waals surface area (Å²) >= 11 is 0. The van der Waals surface area contributed by atoms with Crippen molar-refractivity contribution >= 4 is 33.7 Å². The molecular formula is C38H59N7O9S. The van der Waals surface area contributed by atoms with E-state index in [4.69, 9.17) is 9.47 Å². The number of carbonyl (C=O) groups is 4. The van der Waals surface area contributed by atoms with Gasteiger partial charge in [-0.15, -0.1) is 0 Å². The maximum absolute atomic E-state index is 14.1. The molecule has 0 unspecified atom stereocenters. The van der Waals surface area contributed by atoms with Crippen LogP contribution < -0.4 is 21.3 Å². The van der Waals surface area contributed by atoms with E-state index in [1.807, 2.05) is 30.3 Å². The van der Waals surface area contributed by atoms with Crippen molar-refractivity contribution in [2.45, 2.75) is 102 Å². The number of benzene rings is 1. The predicted molar refractivity (Wildman–Crippen MR) is 206 cm³/mol. The lowest BCUT2D eigenvalue weighted by atomic mass is 9.83. The quantitative estimate of drug-likeness (QED) is 0.119. The second-order valence-corrected chi connectivity index (χ2v) is 17.6. The van der Waals surface area contributed by atoms with Gasteiger partial charge < -0.3 is 40.8 Å². The normalized spacial score (nSPS) is 18.0. The maximum Gasteiger partial charge on any atom is 0.408 e. The van der Waals surface area contributed by atoms with Crippen LogP contribution in [-0.2, 0) is 46.5 Å². The van der Waals surface area contributed by atoms with Crippen molar-refractivity contribution < 1.29 is 42.2 Å². The third-order valence-corrected chi connectivity index (χ3v) is 11.2. The lowest BCUT2D eigenvalue weighted by Crippen LogP contribution is -2.58. The van der Waals surface area contributed by atoms with Crippen LogP contribution >= 0.6 is 0 Å². The van der Waals surface area contributed by atoms with E-state index in [1.54, 1.807) is 20.8 Å². The van der Waals surface area contributed by atoms with E-state index in [0.29, 0.717) is 31.9 Å². The van der Waals surface area contributed by atoms with Gasteiger partial charge in [-0.3, -0.25) is 19.3 Å². The first-order valence-electron chi connectivity index (χ1n) is 19.2. The molecule has 0 spiro atoms. The third kappa shape index (κ3) is 16.3. The molecule has 306 valence electrons. The minimum Gasteiger partial charge on any atom is -0.444 e. The zero-order chi connectivity index (χ0) is 39.8. The summed E-state index contributed by atoms with van der Waals surface area (Å²) in [6, 6.07) is 5.75. The monoisotopic (exact) mass is 789 g/mol. The highest BCUT2D eigenvalue weighted by atomic mass is 32.2. The van der Waals surface area contributed by atoms with E-state index in [0.717, 1.165) is 50.8 Å². The second-order valence-electron chi connectivity index (χ2n) is 15.5. The standard InChI is InChI=1S/C38H59N7O9S/c1-38(2,3)54-37(50)44-31(21-28-12-8-5-9-13-28)35(48)43-32(22-29-23-39-26-41-29)36(49)42-30(20-27-10-6-4-7-11-27)33(46)24-55(51,52)25-34(47)40-14-15-45-16-18-53-19-17-45/h5,8-9,12-13,23,26-27,30-33,46H,4,6-7,10-11,14-22,24-25H2,1-3H3,(H,39,41)(H,40,47)(H,42,49)(H,43,48)(H,44,50)/t30-,31-,32-,33-/m0/s1. The van der Waals surface area contributed by atoms with E-state index in [-0.39, 0.29) is 25.3 Å². The van der Waals surface area contributed by atoms with Gasteiger partial charge in [0, 0.05) is 50.9 Å². The SMILES string of the molecule is CC(C)(C)OC(=O)N[C@@H](Cc1ccccc1)C(=O)N[C@@H](Cc1cnc[nH]1)C(=O)N[C@@H](CC1CCCCC1)[C@@H](O)CS(=O)(=O)CC(=O)NCCN1CCOCC1. The summed E-state index contributed by atoms with van der Waals surface area (Å²) in [6.07, 6.45) is 5.79. The second kappa shape index (κ2) is 21.3. The van der Waals surface area contributed by atoms with Gasteiger partial charge in [0.2, 0.25) is 17.7 Å². The molecular weight excluding hydrogens is 731 g/mol. The number of morpholine rings is 1. The Morgan fingerprint density at radius 2 is 1.65 bits per heavy atom. The average molecular weight is 790 g/mol. The fourth-order valence-corrected chi connectivity index (χ4v) is 8.22. The van der Waals surface area contributed by atoms with Crippen molar-refractivity contribution in [3.63, 3.8) is 0 Å². The molecule has 2 aromatic rings. The first-order valence-corrected chi connectivity index (χ1v) is 21.0. The molecule has 1 aliphatic carbocycles. The summed E-state index contributed by atoms with van der Waals surface area (Å²) in [6.45, 7) is 8.63. The van der Waals surface area contributed by atoms with Crippen LogP contribution in [0.5, 0.6) is 0 Å². The van der Waals surface area contributed by atoms with Gasteiger partial charge in [-0.1, -0.05) is 62.4 Å². The molecule has 1 aliphatic heterocycles. The number of hydrogen-bond acceptors (Lipinski definition) is 11. The molecule has 1 saturated heterocycles. The van der Waals surface area contributed by atoms with E-state index in [2.05, 4.69) is 36.1 Å². The number of aliphatic hydroxyl groups excluding tert-OH is 1. The van der Waals surface area contributed by atoms with Crippen LogP contribution in [0.15, 0.2) is 42.9 Å². The number of aromatic nitrogens is 2. The summed E-state index contributed by atoms with van der Waals surface area (Å²) in [5, 5.41) is 22.4. The van der Waals surface area contributed by atoms with Crippen molar-refractivity contribution in [3.05, 3.63) is 54.1 Å². The minimum atomic E-state index is -4.08. The number of H-pyrrole nitrogens is 1. The number of aliphatic hydroxyl groups is 1. The van der Waals surface area contributed by atoms with Crippen molar-refractivity contribution in [1.82, 2.24) is 36.1 Å². The Hall–Kier alpha value is -4.06. The third-order valence-electron chi connectivity index (χ3n) is 9.64. The Kier molecular flexibility index (Phi) is 16.9. The highest BCUT2D eigenvalue weighted by Gasteiger charge is 2.34. The molecule has 0 radical (unpaired) electrons. The van der Waals surface area contributed by atoms with Gasteiger partial charge in [0.05, 0.1) is 37.4 Å². The number of rotatable bonds is 19. The van der Waals surface area contributed by atoms with Crippen molar-refractivity contribution in [1.29, 1.82) is 0 Å². The van der Waals surface area contributed by atoms with Crippen LogP contribution in [0.3, 0.4) is 0 Å². The Morgan fingerprint density at radius 3 is 2.31 bits per heavy atom. The van der Waals surface area contributed by atoms with E-state index < -0.39 is 75.0 Å². The van der Waals surface area contributed by atoms with Crippen LogP contribution in [-0.4, -0.2) is 133 Å². The lowest BCUT2D eigenvalue weighted by Gasteiger charge is -2.31. The zero-order valence-electron chi connectivity index (χ0n) is 32.3. The smallest absolute Gasteiger partial charge is 0.408 e. The fourth-order valence-electron chi connectivity index (χ4n) is 6.85. The van der Waals surface area contributed by atoms with E-state index in [9.17, 15) is 32.7 Å². The van der Waals surface area contributed by atoms with Crippen molar-refractivity contribution in [2.75, 3.05) is 50.9 Å². The Labute approximate surface area is 324 Å². The predicted octanol–water partition coefficient (Wildman–Crippen LogP) is 1.25.